The van der Waals surface area contributed by atoms with Crippen LogP contribution in [0.15, 0.2) is 0 Å². The van der Waals surface area contributed by atoms with Crippen LogP contribution in [0.25, 0.3) is 0 Å². The molecule has 1 nitrogen and oxygen atoms in total. The fraction of sp³-hybridized carbons (Fsp3) is 1.00. The second-order valence-electron chi connectivity index (χ2n) is 2.83. The van der Waals surface area contributed by atoms with E-state index in [1.54, 1.807) is 0 Å². The summed E-state index contributed by atoms with van der Waals surface area (Å²) in [6.45, 7) is 3.12. The summed E-state index contributed by atoms with van der Waals surface area (Å²) < 4.78 is 5.66. The van der Waals surface area contributed by atoms with Gasteiger partial charge in [0.15, 0.2) is 0 Å². The first-order valence-electron chi connectivity index (χ1n) is 4.58. The van der Waals surface area contributed by atoms with Gasteiger partial charge in [0, 0.05) is 17.3 Å². The molecule has 0 unspecified atom stereocenters. The summed E-state index contributed by atoms with van der Waals surface area (Å²) in [5.41, 5.74) is 0. The number of ether oxygens (including phenoxy) is 1. The minimum Gasteiger partial charge on any atom is -0.377 e. The summed E-state index contributed by atoms with van der Waals surface area (Å²) in [4.78, 5) is 0. The molecule has 0 rings (SSSR count). The number of halogens is 2. The highest BCUT2D eigenvalue weighted by Gasteiger charge is 2.04. The Bertz CT molecular complexity index is 88.6. The molecule has 0 aromatic rings. The Labute approximate surface area is 92.5 Å². The number of hydrogen-bond acceptors (Lipinski definition) is 1. The van der Waals surface area contributed by atoms with E-state index < -0.39 is 0 Å². The molecule has 0 aliphatic carbocycles. The van der Waals surface area contributed by atoms with Crippen LogP contribution in [0.3, 0.4) is 0 Å². The minimum atomic E-state index is 0.390. The van der Waals surface area contributed by atoms with Crippen LogP contribution in [0.5, 0.6) is 0 Å². The first-order chi connectivity index (χ1) is 5.85. The highest BCUT2D eigenvalue weighted by atomic mass is 79.9. The summed E-state index contributed by atoms with van der Waals surface area (Å²) in [5, 5.41) is 1.97. The fourth-order valence-corrected chi connectivity index (χ4v) is 1.95. The van der Waals surface area contributed by atoms with E-state index in [1.165, 1.54) is 19.3 Å². The second kappa shape index (κ2) is 10.0. The smallest absolute Gasteiger partial charge is 0.0679 e. The zero-order valence-corrected chi connectivity index (χ0v) is 10.9. The normalized spacial score (nSPS) is 13.2. The van der Waals surface area contributed by atoms with Gasteiger partial charge in [-0.05, 0) is 12.8 Å². The van der Waals surface area contributed by atoms with Crippen molar-refractivity contribution in [2.45, 2.75) is 38.7 Å². The Hall–Kier alpha value is 0.920. The molecule has 0 N–H and O–H groups in total. The van der Waals surface area contributed by atoms with Gasteiger partial charge in [-0.25, -0.2) is 0 Å². The highest BCUT2D eigenvalue weighted by Crippen LogP contribution is 2.06. The lowest BCUT2D eigenvalue weighted by Crippen LogP contribution is -2.15. The van der Waals surface area contributed by atoms with Crippen molar-refractivity contribution in [2.75, 3.05) is 17.3 Å². The van der Waals surface area contributed by atoms with E-state index in [0.29, 0.717) is 6.10 Å². The Morgan fingerprint density at radius 1 is 1.25 bits per heavy atom. The molecule has 1 atom stereocenters. The molecule has 0 saturated heterocycles. The molecule has 0 aliphatic rings. The van der Waals surface area contributed by atoms with E-state index in [-0.39, 0.29) is 0 Å². The molecule has 74 valence electrons. The van der Waals surface area contributed by atoms with Gasteiger partial charge in [-0.3, -0.25) is 0 Å². The van der Waals surface area contributed by atoms with Crippen molar-refractivity contribution in [3.63, 3.8) is 0 Å². The van der Waals surface area contributed by atoms with Crippen LogP contribution in [-0.2, 0) is 4.74 Å². The lowest BCUT2D eigenvalue weighted by atomic mass is 10.2. The van der Waals surface area contributed by atoms with Crippen molar-refractivity contribution in [3.8, 4) is 0 Å². The average Bonchev–Trinajstić information content (AvgIpc) is 2.10. The summed E-state index contributed by atoms with van der Waals surface area (Å²) in [6.07, 6.45) is 5.23. The third kappa shape index (κ3) is 7.56. The Balaban J connectivity index is 3.19. The van der Waals surface area contributed by atoms with E-state index in [1.807, 2.05) is 0 Å². The molecule has 3 heteroatoms. The van der Waals surface area contributed by atoms with Gasteiger partial charge in [0.1, 0.15) is 0 Å². The van der Waals surface area contributed by atoms with Crippen LogP contribution < -0.4 is 0 Å². The predicted molar refractivity (Wildman–Crippen MR) is 61.5 cm³/mol. The summed E-state index contributed by atoms with van der Waals surface area (Å²) in [5.74, 6) is 0. The standard InChI is InChI=1S/C9H18Br2O/c1-2-3-4-7-12-9(8-11)5-6-10/h9H,2-8H2,1H3/t9-/m0/s1. The fourth-order valence-electron chi connectivity index (χ4n) is 0.929. The number of rotatable bonds is 8. The first-order valence-corrected chi connectivity index (χ1v) is 6.83. The molecule has 0 fully saturated rings. The quantitative estimate of drug-likeness (QED) is 0.490. The molecular formula is C9H18Br2O. The molecule has 0 aromatic carbocycles. The van der Waals surface area contributed by atoms with E-state index in [2.05, 4.69) is 38.8 Å². The molecule has 0 radical (unpaired) electrons. The van der Waals surface area contributed by atoms with Crippen LogP contribution in [-0.4, -0.2) is 23.4 Å². The molecule has 0 aliphatic heterocycles. The molecule has 0 saturated carbocycles. The van der Waals surface area contributed by atoms with E-state index in [9.17, 15) is 0 Å². The third-order valence-corrected chi connectivity index (χ3v) is 2.88. The number of unbranched alkanes of at least 4 members (excludes halogenated alkanes) is 2. The molecular weight excluding hydrogens is 284 g/mol. The van der Waals surface area contributed by atoms with Gasteiger partial charge in [-0.15, -0.1) is 0 Å². The van der Waals surface area contributed by atoms with E-state index in [4.69, 9.17) is 4.74 Å². The molecule has 0 aromatic heterocycles. The second-order valence-corrected chi connectivity index (χ2v) is 4.27. The zero-order chi connectivity index (χ0) is 9.23. The van der Waals surface area contributed by atoms with Gasteiger partial charge in [-0.2, -0.15) is 0 Å². The minimum absolute atomic E-state index is 0.390. The van der Waals surface area contributed by atoms with Crippen molar-refractivity contribution in [1.82, 2.24) is 0 Å². The van der Waals surface area contributed by atoms with Crippen LogP contribution in [0.4, 0.5) is 0 Å². The summed E-state index contributed by atoms with van der Waals surface area (Å²) >= 11 is 6.85. The molecule has 0 bridgehead atoms. The average molecular weight is 302 g/mol. The summed E-state index contributed by atoms with van der Waals surface area (Å²) in [6, 6.07) is 0. The zero-order valence-electron chi connectivity index (χ0n) is 7.69. The molecule has 0 spiro atoms. The maximum atomic E-state index is 5.66. The molecule has 0 heterocycles. The van der Waals surface area contributed by atoms with Crippen molar-refractivity contribution < 1.29 is 4.74 Å². The lowest BCUT2D eigenvalue weighted by Gasteiger charge is -2.13. The topological polar surface area (TPSA) is 9.23 Å². The van der Waals surface area contributed by atoms with Crippen molar-refractivity contribution in [1.29, 1.82) is 0 Å². The van der Waals surface area contributed by atoms with Crippen LogP contribution in [0.2, 0.25) is 0 Å². The Kier molecular flexibility index (Phi) is 10.8. The SMILES string of the molecule is CCCCCO[C@H](CBr)CCBr. The van der Waals surface area contributed by atoms with Gasteiger partial charge >= 0.3 is 0 Å². The van der Waals surface area contributed by atoms with Gasteiger partial charge < -0.3 is 4.74 Å². The van der Waals surface area contributed by atoms with Crippen LogP contribution in [0, 0.1) is 0 Å². The highest BCUT2D eigenvalue weighted by molar-refractivity contribution is 9.09. The summed E-state index contributed by atoms with van der Waals surface area (Å²) in [7, 11) is 0. The van der Waals surface area contributed by atoms with Crippen molar-refractivity contribution >= 4 is 31.9 Å². The van der Waals surface area contributed by atoms with Gasteiger partial charge in [0.25, 0.3) is 0 Å². The van der Waals surface area contributed by atoms with Gasteiger partial charge in [0.05, 0.1) is 6.10 Å². The number of alkyl halides is 2. The largest absolute Gasteiger partial charge is 0.377 e. The van der Waals surface area contributed by atoms with Crippen molar-refractivity contribution in [2.24, 2.45) is 0 Å². The van der Waals surface area contributed by atoms with Crippen LogP contribution in [0.1, 0.15) is 32.6 Å². The van der Waals surface area contributed by atoms with Crippen molar-refractivity contribution in [3.05, 3.63) is 0 Å². The lowest BCUT2D eigenvalue weighted by molar-refractivity contribution is 0.0659. The number of hydrogen-bond donors (Lipinski definition) is 0. The maximum absolute atomic E-state index is 5.66. The molecule has 12 heavy (non-hydrogen) atoms. The monoisotopic (exact) mass is 300 g/mol. The Morgan fingerprint density at radius 3 is 2.50 bits per heavy atom. The van der Waals surface area contributed by atoms with Crippen LogP contribution >= 0.6 is 31.9 Å². The van der Waals surface area contributed by atoms with E-state index >= 15 is 0 Å². The van der Waals surface area contributed by atoms with Gasteiger partial charge in [-0.1, -0.05) is 51.6 Å². The third-order valence-electron chi connectivity index (χ3n) is 1.70. The molecule has 0 amide bonds. The van der Waals surface area contributed by atoms with Gasteiger partial charge in [0.2, 0.25) is 0 Å². The maximum Gasteiger partial charge on any atom is 0.0679 e. The first kappa shape index (κ1) is 12.9. The predicted octanol–water partition coefficient (Wildman–Crippen LogP) is 3.74. The Morgan fingerprint density at radius 2 is 2.00 bits per heavy atom. The van der Waals surface area contributed by atoms with E-state index in [0.717, 1.165) is 23.7 Å².